The van der Waals surface area contributed by atoms with Crippen molar-refractivity contribution < 1.29 is 17.5 Å². The maximum atomic E-state index is 11.2. The van der Waals surface area contributed by atoms with E-state index >= 15 is 0 Å². The Bertz CT molecular complexity index is 1230. The maximum Gasteiger partial charge on any atom is 0.264 e. The summed E-state index contributed by atoms with van der Waals surface area (Å²) in [6.07, 6.45) is 6.56. The van der Waals surface area contributed by atoms with Crippen LogP contribution >= 0.6 is 0 Å². The molecule has 29 heavy (non-hydrogen) atoms. The highest BCUT2D eigenvalue weighted by Gasteiger charge is 2.20. The molecule has 5 nitrogen and oxygen atoms in total. The number of allylic oxidation sites excluding steroid dienone is 1. The fourth-order valence-electron chi connectivity index (χ4n) is 3.72. The summed E-state index contributed by atoms with van der Waals surface area (Å²) in [5, 5.41) is 1.17. The molecule has 0 aliphatic carbocycles. The van der Waals surface area contributed by atoms with Crippen LogP contribution in [0.25, 0.3) is 23.1 Å². The van der Waals surface area contributed by atoms with E-state index in [0.717, 1.165) is 28.2 Å². The summed E-state index contributed by atoms with van der Waals surface area (Å²) in [6, 6.07) is 20.4. The molecule has 0 radical (unpaired) electrons. The Labute approximate surface area is 171 Å². The lowest BCUT2D eigenvalue weighted by Gasteiger charge is -2.30. The zero-order valence-corrected chi connectivity index (χ0v) is 17.0. The Balaban J connectivity index is 1.73. The summed E-state index contributed by atoms with van der Waals surface area (Å²) in [5.41, 5.74) is 5.27. The highest BCUT2D eigenvalue weighted by atomic mass is 32.2. The van der Waals surface area contributed by atoms with Crippen molar-refractivity contribution in [3.63, 3.8) is 0 Å². The molecule has 1 aliphatic rings. The Hall–Kier alpha value is -2.96. The van der Waals surface area contributed by atoms with Gasteiger partial charge in [0.15, 0.2) is 0 Å². The second-order valence-corrected chi connectivity index (χ2v) is 8.70. The van der Waals surface area contributed by atoms with Gasteiger partial charge < -0.3 is 4.90 Å². The average Bonchev–Trinajstić information content (AvgIpc) is 2.70. The van der Waals surface area contributed by atoms with Crippen molar-refractivity contribution in [2.75, 3.05) is 17.2 Å². The molecule has 0 atom stereocenters. The normalized spacial score (nSPS) is 15.1. The van der Waals surface area contributed by atoms with Crippen molar-refractivity contribution in [2.45, 2.75) is 6.42 Å². The molecule has 148 valence electrons. The quantitative estimate of drug-likeness (QED) is 0.516. The van der Waals surface area contributed by atoms with Crippen LogP contribution in [0.15, 0.2) is 72.4 Å². The number of nitrogens with zero attached hydrogens (tertiary/aromatic N) is 2. The molecule has 0 bridgehead atoms. The van der Waals surface area contributed by atoms with E-state index in [-0.39, 0.29) is 5.75 Å². The van der Waals surface area contributed by atoms with E-state index in [2.05, 4.69) is 45.9 Å². The molecule has 1 aromatic heterocycles. The Morgan fingerprint density at radius 1 is 1.00 bits per heavy atom. The molecule has 3 aromatic rings. The standard InChI is InChI=1S/C23H22N2O3S/c1-24-20(13-11-18-7-2-4-9-22(18)24)17-21-14-12-19-8-3-5-10-23(19)25(21)15-6-16-29(26,27)28/h2-5,7-14,17H,6,15-16H2,1H3/p+1. The topological polar surface area (TPSA) is 61.5 Å². The summed E-state index contributed by atoms with van der Waals surface area (Å²) < 4.78 is 33.6. The molecule has 4 rings (SSSR count). The van der Waals surface area contributed by atoms with Crippen LogP contribution in [0.3, 0.4) is 0 Å². The number of benzene rings is 2. The molecule has 0 spiro atoms. The minimum absolute atomic E-state index is 0.258. The highest BCUT2D eigenvalue weighted by Crippen LogP contribution is 2.31. The number of hydrogen-bond donors (Lipinski definition) is 1. The van der Waals surface area contributed by atoms with Gasteiger partial charge in [0.05, 0.1) is 5.75 Å². The first-order chi connectivity index (χ1) is 13.9. The van der Waals surface area contributed by atoms with Gasteiger partial charge in [-0.15, -0.1) is 0 Å². The molecule has 0 amide bonds. The smallest absolute Gasteiger partial charge is 0.264 e. The first kappa shape index (κ1) is 19.4. The summed E-state index contributed by atoms with van der Waals surface area (Å²) in [4.78, 5) is 2.11. The van der Waals surface area contributed by atoms with Gasteiger partial charge in [0, 0.05) is 41.5 Å². The maximum absolute atomic E-state index is 11.2. The Morgan fingerprint density at radius 3 is 2.59 bits per heavy atom. The number of anilines is 1. The third-order valence-electron chi connectivity index (χ3n) is 5.17. The number of para-hydroxylation sites is 2. The molecule has 0 saturated heterocycles. The van der Waals surface area contributed by atoms with Crippen molar-refractivity contribution in [1.82, 2.24) is 0 Å². The number of aromatic nitrogens is 1. The van der Waals surface area contributed by atoms with Crippen molar-refractivity contribution in [2.24, 2.45) is 7.05 Å². The average molecular weight is 408 g/mol. The van der Waals surface area contributed by atoms with Crippen LogP contribution in [0.4, 0.5) is 5.69 Å². The first-order valence-corrected chi connectivity index (χ1v) is 11.1. The second kappa shape index (κ2) is 7.81. The zero-order valence-electron chi connectivity index (χ0n) is 16.2. The fraction of sp³-hybridized carbons (Fsp3) is 0.174. The van der Waals surface area contributed by atoms with Gasteiger partial charge in [-0.1, -0.05) is 36.4 Å². The molecule has 0 fully saturated rings. The molecular weight excluding hydrogens is 384 g/mol. The van der Waals surface area contributed by atoms with Crippen LogP contribution in [0.2, 0.25) is 0 Å². The summed E-state index contributed by atoms with van der Waals surface area (Å²) in [7, 11) is -1.94. The number of rotatable bonds is 5. The van der Waals surface area contributed by atoms with Crippen molar-refractivity contribution in [3.8, 4) is 0 Å². The minimum atomic E-state index is -3.98. The SMILES string of the molecule is C[n+]1c(/C=C2\C=Cc3ccccc3N2CCCS(=O)(=O)O)ccc2ccccc21. The molecule has 0 saturated carbocycles. The van der Waals surface area contributed by atoms with Crippen LogP contribution < -0.4 is 9.47 Å². The van der Waals surface area contributed by atoms with E-state index < -0.39 is 10.1 Å². The van der Waals surface area contributed by atoms with Gasteiger partial charge in [0.2, 0.25) is 11.2 Å². The summed E-state index contributed by atoms with van der Waals surface area (Å²) in [5.74, 6) is -0.258. The fourth-order valence-corrected chi connectivity index (χ4v) is 4.21. The van der Waals surface area contributed by atoms with Crippen molar-refractivity contribution >= 4 is 38.9 Å². The van der Waals surface area contributed by atoms with E-state index in [4.69, 9.17) is 4.55 Å². The van der Waals surface area contributed by atoms with Crippen molar-refractivity contribution in [3.05, 3.63) is 83.7 Å². The Morgan fingerprint density at radius 2 is 1.76 bits per heavy atom. The van der Waals surface area contributed by atoms with Gasteiger partial charge in [0.1, 0.15) is 7.05 Å². The zero-order chi connectivity index (χ0) is 20.4. The van der Waals surface area contributed by atoms with Crippen LogP contribution in [0.1, 0.15) is 17.7 Å². The molecule has 0 unspecified atom stereocenters. The van der Waals surface area contributed by atoms with Crippen LogP contribution in [-0.2, 0) is 17.2 Å². The van der Waals surface area contributed by atoms with Gasteiger partial charge >= 0.3 is 0 Å². The highest BCUT2D eigenvalue weighted by molar-refractivity contribution is 7.85. The number of aryl methyl sites for hydroxylation is 1. The lowest BCUT2D eigenvalue weighted by Crippen LogP contribution is -2.33. The number of fused-ring (bicyclic) bond motifs is 2. The first-order valence-electron chi connectivity index (χ1n) is 9.52. The lowest BCUT2D eigenvalue weighted by molar-refractivity contribution is -0.646. The molecule has 1 N–H and O–H groups in total. The number of hydrogen-bond acceptors (Lipinski definition) is 3. The van der Waals surface area contributed by atoms with E-state index in [9.17, 15) is 8.42 Å². The molecule has 2 aromatic carbocycles. The third-order valence-corrected chi connectivity index (χ3v) is 5.98. The monoisotopic (exact) mass is 407 g/mol. The van der Waals surface area contributed by atoms with Crippen molar-refractivity contribution in [1.29, 1.82) is 0 Å². The van der Waals surface area contributed by atoms with E-state index in [1.165, 1.54) is 5.39 Å². The van der Waals surface area contributed by atoms with Crippen LogP contribution in [-0.4, -0.2) is 25.3 Å². The van der Waals surface area contributed by atoms with Crippen LogP contribution in [0.5, 0.6) is 0 Å². The van der Waals surface area contributed by atoms with E-state index in [1.54, 1.807) is 0 Å². The summed E-state index contributed by atoms with van der Waals surface area (Å²) in [6.45, 7) is 0.490. The predicted molar refractivity (Wildman–Crippen MR) is 117 cm³/mol. The molecule has 6 heteroatoms. The largest absolute Gasteiger partial charge is 0.341 e. The van der Waals surface area contributed by atoms with E-state index in [1.807, 2.05) is 49.5 Å². The lowest BCUT2D eigenvalue weighted by atomic mass is 10.0. The van der Waals surface area contributed by atoms with Gasteiger partial charge in [-0.3, -0.25) is 4.55 Å². The number of pyridine rings is 1. The second-order valence-electron chi connectivity index (χ2n) is 7.13. The Kier molecular flexibility index (Phi) is 5.22. The van der Waals surface area contributed by atoms with Gasteiger partial charge in [-0.05, 0) is 36.3 Å². The summed E-state index contributed by atoms with van der Waals surface area (Å²) >= 11 is 0. The van der Waals surface area contributed by atoms with Gasteiger partial charge in [0.25, 0.3) is 10.1 Å². The van der Waals surface area contributed by atoms with Gasteiger partial charge in [-0.2, -0.15) is 13.0 Å². The molecular formula is C23H23N2O3S+. The molecule has 1 aliphatic heterocycles. The van der Waals surface area contributed by atoms with Gasteiger partial charge in [-0.25, -0.2) is 0 Å². The predicted octanol–water partition coefficient (Wildman–Crippen LogP) is 3.82. The third kappa shape index (κ3) is 4.23. The van der Waals surface area contributed by atoms with Crippen LogP contribution in [0, 0.1) is 0 Å². The molecule has 2 heterocycles. The van der Waals surface area contributed by atoms with E-state index in [0.29, 0.717) is 13.0 Å². The minimum Gasteiger partial charge on any atom is -0.341 e.